The molecule has 0 amide bonds. The van der Waals surface area contributed by atoms with Crippen LogP contribution >= 0.6 is 0 Å². The molecule has 0 atom stereocenters. The molecule has 0 aliphatic rings. The second-order valence-electron chi connectivity index (χ2n) is 6.56. The van der Waals surface area contributed by atoms with Gasteiger partial charge in [0.1, 0.15) is 4.90 Å². The van der Waals surface area contributed by atoms with Crippen LogP contribution in [-0.2, 0) is 23.2 Å². The maximum Gasteiger partial charge on any atom is 0.416 e. The van der Waals surface area contributed by atoms with E-state index in [1.807, 2.05) is 0 Å². The molecular weight excluding hydrogens is 433 g/mol. The second-order valence-corrected chi connectivity index (χ2v) is 8.25. The quantitative estimate of drug-likeness (QED) is 0.480. The standard InChI is InChI=1S/C19H15F3N6O2S/c1-28-11-14(10-23-28)31(29,30)27-18-17(25-15-4-2-3-5-16(15)26-18)24-13-8-6-12(7-9-13)19(20,21)22/h2-11H,1H3,(H,24,25)(H,26,27). The van der Waals surface area contributed by atoms with Crippen molar-refractivity contribution < 1.29 is 21.6 Å². The molecule has 31 heavy (non-hydrogen) atoms. The number of nitrogens with zero attached hydrogens (tertiary/aromatic N) is 4. The van der Waals surface area contributed by atoms with Gasteiger partial charge in [-0.2, -0.15) is 18.3 Å². The Labute approximate surface area is 174 Å². The summed E-state index contributed by atoms with van der Waals surface area (Å²) >= 11 is 0. The van der Waals surface area contributed by atoms with Crippen molar-refractivity contribution in [3.63, 3.8) is 0 Å². The van der Waals surface area contributed by atoms with Crippen LogP contribution in [0.3, 0.4) is 0 Å². The van der Waals surface area contributed by atoms with Crippen LogP contribution in [-0.4, -0.2) is 28.2 Å². The average molecular weight is 448 g/mol. The molecule has 0 saturated heterocycles. The molecule has 0 unspecified atom stereocenters. The van der Waals surface area contributed by atoms with Crippen LogP contribution in [0.1, 0.15) is 5.56 Å². The van der Waals surface area contributed by atoms with Gasteiger partial charge in [-0.15, -0.1) is 0 Å². The molecule has 0 bridgehead atoms. The number of para-hydroxylation sites is 2. The van der Waals surface area contributed by atoms with Crippen molar-refractivity contribution in [1.29, 1.82) is 0 Å². The van der Waals surface area contributed by atoms with Crippen molar-refractivity contribution >= 4 is 38.4 Å². The highest BCUT2D eigenvalue weighted by molar-refractivity contribution is 7.92. The first-order chi connectivity index (χ1) is 14.6. The molecule has 4 aromatic rings. The fourth-order valence-corrected chi connectivity index (χ4v) is 3.75. The molecule has 0 fully saturated rings. The summed E-state index contributed by atoms with van der Waals surface area (Å²) in [6.45, 7) is 0. The minimum absolute atomic E-state index is 0.0333. The number of hydrogen-bond donors (Lipinski definition) is 2. The Balaban J connectivity index is 1.73. The number of rotatable bonds is 5. The van der Waals surface area contributed by atoms with Gasteiger partial charge in [0.2, 0.25) is 0 Å². The normalized spacial score (nSPS) is 12.1. The molecule has 0 radical (unpaired) electrons. The van der Waals surface area contributed by atoms with Gasteiger partial charge < -0.3 is 5.32 Å². The Morgan fingerprint density at radius 1 is 0.935 bits per heavy atom. The average Bonchev–Trinajstić information content (AvgIpc) is 3.15. The molecular formula is C19H15F3N6O2S. The van der Waals surface area contributed by atoms with Gasteiger partial charge in [-0.3, -0.25) is 9.40 Å². The first-order valence-corrected chi connectivity index (χ1v) is 10.3. The predicted molar refractivity (Wildman–Crippen MR) is 108 cm³/mol. The number of alkyl halides is 3. The van der Waals surface area contributed by atoms with Gasteiger partial charge in [0, 0.05) is 18.9 Å². The zero-order valence-corrected chi connectivity index (χ0v) is 16.7. The Morgan fingerprint density at radius 2 is 1.55 bits per heavy atom. The summed E-state index contributed by atoms with van der Waals surface area (Å²) in [7, 11) is -2.45. The molecule has 2 heterocycles. The topological polar surface area (TPSA) is 102 Å². The van der Waals surface area contributed by atoms with E-state index in [4.69, 9.17) is 0 Å². The van der Waals surface area contributed by atoms with E-state index in [-0.39, 0.29) is 22.2 Å². The lowest BCUT2D eigenvalue weighted by molar-refractivity contribution is -0.137. The van der Waals surface area contributed by atoms with E-state index >= 15 is 0 Å². The van der Waals surface area contributed by atoms with Crippen molar-refractivity contribution in [2.24, 2.45) is 7.05 Å². The van der Waals surface area contributed by atoms with E-state index in [2.05, 4.69) is 25.1 Å². The van der Waals surface area contributed by atoms with E-state index in [0.717, 1.165) is 12.1 Å². The largest absolute Gasteiger partial charge is 0.416 e. The molecule has 2 aromatic heterocycles. The van der Waals surface area contributed by atoms with Gasteiger partial charge in [-0.25, -0.2) is 18.4 Å². The van der Waals surface area contributed by atoms with Gasteiger partial charge in [0.25, 0.3) is 10.0 Å². The molecule has 8 nitrogen and oxygen atoms in total. The highest BCUT2D eigenvalue weighted by Crippen LogP contribution is 2.31. The van der Waals surface area contributed by atoms with Crippen molar-refractivity contribution in [2.45, 2.75) is 11.1 Å². The second kappa shape index (κ2) is 7.54. The van der Waals surface area contributed by atoms with Crippen LogP contribution in [0.2, 0.25) is 0 Å². The molecule has 0 aliphatic heterocycles. The van der Waals surface area contributed by atoms with E-state index in [0.29, 0.717) is 11.0 Å². The van der Waals surface area contributed by atoms with Crippen molar-refractivity contribution in [3.05, 3.63) is 66.5 Å². The van der Waals surface area contributed by atoms with Crippen LogP contribution in [0.25, 0.3) is 11.0 Å². The summed E-state index contributed by atoms with van der Waals surface area (Å²) in [5, 5.41) is 6.68. The number of hydrogen-bond acceptors (Lipinski definition) is 6. The van der Waals surface area contributed by atoms with Gasteiger partial charge in [-0.05, 0) is 36.4 Å². The summed E-state index contributed by atoms with van der Waals surface area (Å²) in [5.41, 5.74) is 0.380. The van der Waals surface area contributed by atoms with Gasteiger partial charge in [-0.1, -0.05) is 12.1 Å². The van der Waals surface area contributed by atoms with E-state index in [1.54, 1.807) is 31.3 Å². The number of halogens is 3. The lowest BCUT2D eigenvalue weighted by atomic mass is 10.2. The monoisotopic (exact) mass is 448 g/mol. The van der Waals surface area contributed by atoms with E-state index < -0.39 is 21.8 Å². The zero-order chi connectivity index (χ0) is 22.2. The van der Waals surface area contributed by atoms with Crippen molar-refractivity contribution in [1.82, 2.24) is 19.7 Å². The highest BCUT2D eigenvalue weighted by Gasteiger charge is 2.30. The fraction of sp³-hybridized carbons (Fsp3) is 0.105. The smallest absolute Gasteiger partial charge is 0.337 e. The number of anilines is 3. The predicted octanol–water partition coefficient (Wildman–Crippen LogP) is 3.93. The number of aromatic nitrogens is 4. The summed E-state index contributed by atoms with van der Waals surface area (Å²) in [4.78, 5) is 8.63. The maximum absolute atomic E-state index is 12.8. The van der Waals surface area contributed by atoms with Gasteiger partial charge in [0.15, 0.2) is 11.6 Å². The first kappa shape index (κ1) is 20.6. The third kappa shape index (κ3) is 4.43. The van der Waals surface area contributed by atoms with Crippen molar-refractivity contribution in [2.75, 3.05) is 10.0 Å². The maximum atomic E-state index is 12.8. The lowest BCUT2D eigenvalue weighted by Gasteiger charge is -2.14. The van der Waals surface area contributed by atoms with E-state index in [1.165, 1.54) is 29.2 Å². The fourth-order valence-electron chi connectivity index (χ4n) is 2.76. The summed E-state index contributed by atoms with van der Waals surface area (Å²) in [6.07, 6.45) is -1.97. The Hall–Kier alpha value is -3.67. The molecule has 12 heteroatoms. The first-order valence-electron chi connectivity index (χ1n) is 8.84. The van der Waals surface area contributed by atoms with Gasteiger partial charge >= 0.3 is 6.18 Å². The van der Waals surface area contributed by atoms with Crippen LogP contribution < -0.4 is 10.0 Å². The van der Waals surface area contributed by atoms with Crippen LogP contribution in [0.5, 0.6) is 0 Å². The third-order valence-electron chi connectivity index (χ3n) is 4.27. The highest BCUT2D eigenvalue weighted by atomic mass is 32.2. The molecule has 0 saturated carbocycles. The number of benzene rings is 2. The number of fused-ring (bicyclic) bond motifs is 1. The Morgan fingerprint density at radius 3 is 2.10 bits per heavy atom. The number of nitrogens with one attached hydrogen (secondary N) is 2. The summed E-state index contributed by atoms with van der Waals surface area (Å²) in [5.74, 6) is -0.0756. The molecule has 160 valence electrons. The minimum atomic E-state index is -4.47. The van der Waals surface area contributed by atoms with Gasteiger partial charge in [0.05, 0.1) is 22.8 Å². The van der Waals surface area contributed by atoms with Crippen LogP contribution in [0, 0.1) is 0 Å². The molecule has 2 N–H and O–H groups in total. The van der Waals surface area contributed by atoms with E-state index in [9.17, 15) is 21.6 Å². The van der Waals surface area contributed by atoms with Crippen LogP contribution in [0.15, 0.2) is 65.8 Å². The molecule has 0 aliphatic carbocycles. The Bertz CT molecular complexity index is 1350. The lowest BCUT2D eigenvalue weighted by Crippen LogP contribution is -2.15. The number of aryl methyl sites for hydroxylation is 1. The minimum Gasteiger partial charge on any atom is -0.337 e. The summed E-state index contributed by atoms with van der Waals surface area (Å²) in [6, 6.07) is 11.1. The summed E-state index contributed by atoms with van der Waals surface area (Å²) < 4.78 is 67.6. The SMILES string of the molecule is Cn1cc(S(=O)(=O)Nc2nc3ccccc3nc2Nc2ccc(C(F)(F)F)cc2)cn1. The molecule has 4 rings (SSSR count). The number of sulfonamides is 1. The Kier molecular flexibility index (Phi) is 5.01. The van der Waals surface area contributed by atoms with Crippen molar-refractivity contribution in [3.8, 4) is 0 Å². The third-order valence-corrected chi connectivity index (χ3v) is 5.56. The van der Waals surface area contributed by atoms with Crippen LogP contribution in [0.4, 0.5) is 30.5 Å². The molecule has 0 spiro atoms. The zero-order valence-electron chi connectivity index (χ0n) is 15.9. The molecule has 2 aromatic carbocycles.